The van der Waals surface area contributed by atoms with Crippen LogP contribution in [0.5, 0.6) is 0 Å². The van der Waals surface area contributed by atoms with E-state index in [9.17, 15) is 13.6 Å². The summed E-state index contributed by atoms with van der Waals surface area (Å²) in [4.78, 5) is 14.3. The van der Waals surface area contributed by atoms with E-state index in [2.05, 4.69) is 27.3 Å². The smallest absolute Gasteiger partial charge is 0.257 e. The van der Waals surface area contributed by atoms with Crippen molar-refractivity contribution in [2.45, 2.75) is 25.8 Å². The van der Waals surface area contributed by atoms with Crippen molar-refractivity contribution in [1.82, 2.24) is 5.32 Å². The highest BCUT2D eigenvalue weighted by Gasteiger charge is 2.19. The van der Waals surface area contributed by atoms with Crippen LogP contribution in [-0.4, -0.2) is 5.91 Å². The van der Waals surface area contributed by atoms with Crippen LogP contribution in [0, 0.1) is 11.6 Å². The van der Waals surface area contributed by atoms with Crippen LogP contribution in [0.15, 0.2) is 22.7 Å². The topological polar surface area (TPSA) is 29.1 Å². The molecule has 0 saturated heterocycles. The monoisotopic (exact) mass is 371 g/mol. The van der Waals surface area contributed by atoms with E-state index in [4.69, 9.17) is 0 Å². The van der Waals surface area contributed by atoms with Crippen LogP contribution >= 0.6 is 27.3 Å². The molecular formula is C15H12BrF2NOS. The van der Waals surface area contributed by atoms with Gasteiger partial charge in [0.25, 0.3) is 5.91 Å². The minimum absolute atomic E-state index is 0.267. The number of fused-ring (bicyclic) bond motifs is 1. The van der Waals surface area contributed by atoms with E-state index in [-0.39, 0.29) is 4.47 Å². The number of halogens is 3. The number of carbonyl (C=O) groups excluding carboxylic acids is 1. The summed E-state index contributed by atoms with van der Waals surface area (Å²) in [5.41, 5.74) is 0.799. The lowest BCUT2D eigenvalue weighted by Gasteiger charge is -2.06. The van der Waals surface area contributed by atoms with E-state index in [1.54, 1.807) is 11.3 Å². The molecule has 2 nitrogen and oxygen atoms in total. The second-order valence-corrected chi connectivity index (χ2v) is 7.08. The van der Waals surface area contributed by atoms with Crippen molar-refractivity contribution >= 4 is 33.2 Å². The Kier molecular flexibility index (Phi) is 4.08. The normalized spacial score (nSPS) is 13.3. The summed E-state index contributed by atoms with van der Waals surface area (Å²) in [6.45, 7) is 0.297. The fourth-order valence-corrected chi connectivity index (χ4v) is 4.10. The SMILES string of the molecule is O=C(NCc1cc2c(s1)CCC2)c1c(F)cc(Br)cc1F. The van der Waals surface area contributed by atoms with Gasteiger partial charge in [-0.3, -0.25) is 4.79 Å². The molecule has 1 heterocycles. The molecule has 2 aromatic rings. The van der Waals surface area contributed by atoms with Gasteiger partial charge in [0.05, 0.1) is 6.54 Å². The summed E-state index contributed by atoms with van der Waals surface area (Å²) in [5.74, 6) is -2.47. The van der Waals surface area contributed by atoms with Gasteiger partial charge in [-0.1, -0.05) is 15.9 Å². The van der Waals surface area contributed by atoms with Crippen molar-refractivity contribution in [3.8, 4) is 0 Å². The lowest BCUT2D eigenvalue weighted by molar-refractivity contribution is 0.0943. The van der Waals surface area contributed by atoms with Crippen LogP contribution in [0.1, 0.15) is 32.1 Å². The Balaban J connectivity index is 1.72. The molecule has 3 rings (SSSR count). The number of aryl methyl sites for hydroxylation is 2. The molecule has 0 unspecified atom stereocenters. The Bertz CT molecular complexity index is 669. The highest BCUT2D eigenvalue weighted by molar-refractivity contribution is 9.10. The van der Waals surface area contributed by atoms with Crippen molar-refractivity contribution in [2.75, 3.05) is 0 Å². The second-order valence-electron chi connectivity index (χ2n) is 4.94. The molecule has 0 fully saturated rings. The number of nitrogens with one attached hydrogen (secondary N) is 1. The first-order valence-electron chi connectivity index (χ1n) is 6.58. The average molecular weight is 372 g/mol. The van der Waals surface area contributed by atoms with Gasteiger partial charge < -0.3 is 5.32 Å². The van der Waals surface area contributed by atoms with Gasteiger partial charge in [0.15, 0.2) is 0 Å². The molecule has 0 bridgehead atoms. The molecule has 1 aromatic carbocycles. The summed E-state index contributed by atoms with van der Waals surface area (Å²) >= 11 is 4.65. The van der Waals surface area contributed by atoms with Gasteiger partial charge in [0.2, 0.25) is 0 Å². The maximum absolute atomic E-state index is 13.7. The van der Waals surface area contributed by atoms with Gasteiger partial charge in [0.1, 0.15) is 17.2 Å². The number of rotatable bonds is 3. The summed E-state index contributed by atoms with van der Waals surface area (Å²) in [7, 11) is 0. The second kappa shape index (κ2) is 5.85. The third kappa shape index (κ3) is 3.01. The summed E-state index contributed by atoms with van der Waals surface area (Å²) in [6.07, 6.45) is 3.35. The first kappa shape index (κ1) is 14.7. The number of hydrogen-bond acceptors (Lipinski definition) is 2. The maximum atomic E-state index is 13.7. The number of thiophene rings is 1. The van der Waals surface area contributed by atoms with Crippen molar-refractivity contribution in [3.63, 3.8) is 0 Å². The molecule has 1 aliphatic carbocycles. The Morgan fingerprint density at radius 3 is 2.62 bits per heavy atom. The van der Waals surface area contributed by atoms with E-state index in [1.165, 1.54) is 16.9 Å². The zero-order chi connectivity index (χ0) is 15.0. The van der Waals surface area contributed by atoms with Crippen LogP contribution < -0.4 is 5.32 Å². The lowest BCUT2D eigenvalue weighted by atomic mass is 10.2. The Hall–Kier alpha value is -1.27. The van der Waals surface area contributed by atoms with Crippen LogP contribution in [0.3, 0.4) is 0 Å². The molecule has 0 aliphatic heterocycles. The minimum atomic E-state index is -0.868. The van der Waals surface area contributed by atoms with Crippen LogP contribution in [-0.2, 0) is 19.4 Å². The summed E-state index contributed by atoms with van der Waals surface area (Å²) in [5, 5.41) is 2.58. The largest absolute Gasteiger partial charge is 0.347 e. The van der Waals surface area contributed by atoms with E-state index in [1.807, 2.05) is 0 Å². The fourth-order valence-electron chi connectivity index (χ4n) is 2.49. The summed E-state index contributed by atoms with van der Waals surface area (Å²) < 4.78 is 27.6. The van der Waals surface area contributed by atoms with Crippen molar-refractivity contribution in [2.24, 2.45) is 0 Å². The van der Waals surface area contributed by atoms with Crippen molar-refractivity contribution < 1.29 is 13.6 Å². The Morgan fingerprint density at radius 1 is 1.24 bits per heavy atom. The fraction of sp³-hybridized carbons (Fsp3) is 0.267. The predicted octanol–water partition coefficient (Wildman–Crippen LogP) is 4.21. The number of hydrogen-bond donors (Lipinski definition) is 1. The van der Waals surface area contributed by atoms with Gasteiger partial charge in [-0.2, -0.15) is 0 Å². The molecular weight excluding hydrogens is 360 g/mol. The molecule has 0 saturated carbocycles. The molecule has 1 N–H and O–H groups in total. The van der Waals surface area contributed by atoms with Crippen LogP contribution in [0.25, 0.3) is 0 Å². The number of amides is 1. The molecule has 110 valence electrons. The standard InChI is InChI=1S/C15H12BrF2NOS/c16-9-5-11(17)14(12(18)6-9)15(20)19-7-10-4-8-2-1-3-13(8)21-10/h4-6H,1-3,7H2,(H,19,20). The number of benzene rings is 1. The third-order valence-electron chi connectivity index (χ3n) is 3.45. The highest BCUT2D eigenvalue weighted by Crippen LogP contribution is 2.30. The zero-order valence-corrected chi connectivity index (χ0v) is 13.4. The maximum Gasteiger partial charge on any atom is 0.257 e. The van der Waals surface area contributed by atoms with Gasteiger partial charge in [0, 0.05) is 14.2 Å². The molecule has 0 spiro atoms. The molecule has 6 heteroatoms. The van der Waals surface area contributed by atoms with E-state index < -0.39 is 23.1 Å². The first-order chi connectivity index (χ1) is 10.0. The third-order valence-corrected chi connectivity index (χ3v) is 5.15. The zero-order valence-electron chi connectivity index (χ0n) is 11.0. The Labute approximate surface area is 133 Å². The number of carbonyl (C=O) groups is 1. The molecule has 21 heavy (non-hydrogen) atoms. The summed E-state index contributed by atoms with van der Waals surface area (Å²) in [6, 6.07) is 4.23. The average Bonchev–Trinajstić information content (AvgIpc) is 2.95. The Morgan fingerprint density at radius 2 is 1.95 bits per heavy atom. The van der Waals surface area contributed by atoms with Gasteiger partial charge in [-0.25, -0.2) is 8.78 Å². The molecule has 0 radical (unpaired) electrons. The molecule has 1 amide bonds. The van der Waals surface area contributed by atoms with Gasteiger partial charge >= 0.3 is 0 Å². The van der Waals surface area contributed by atoms with E-state index in [0.717, 1.165) is 29.9 Å². The molecule has 1 aliphatic rings. The quantitative estimate of drug-likeness (QED) is 0.860. The minimum Gasteiger partial charge on any atom is -0.347 e. The predicted molar refractivity (Wildman–Crippen MR) is 81.6 cm³/mol. The van der Waals surface area contributed by atoms with Crippen LogP contribution in [0.2, 0.25) is 0 Å². The van der Waals surface area contributed by atoms with Crippen LogP contribution in [0.4, 0.5) is 8.78 Å². The van der Waals surface area contributed by atoms with Gasteiger partial charge in [-0.05, 0) is 43.0 Å². The van der Waals surface area contributed by atoms with Crippen molar-refractivity contribution in [1.29, 1.82) is 0 Å². The van der Waals surface area contributed by atoms with E-state index >= 15 is 0 Å². The van der Waals surface area contributed by atoms with Crippen molar-refractivity contribution in [3.05, 3.63) is 55.2 Å². The van der Waals surface area contributed by atoms with Gasteiger partial charge in [-0.15, -0.1) is 11.3 Å². The molecule has 1 aromatic heterocycles. The molecule has 0 atom stereocenters. The first-order valence-corrected chi connectivity index (χ1v) is 8.19. The van der Waals surface area contributed by atoms with E-state index in [0.29, 0.717) is 6.54 Å². The lowest BCUT2D eigenvalue weighted by Crippen LogP contribution is -2.24. The highest BCUT2D eigenvalue weighted by atomic mass is 79.9.